The van der Waals surface area contributed by atoms with Crippen molar-refractivity contribution in [1.29, 1.82) is 5.26 Å². The van der Waals surface area contributed by atoms with Crippen molar-refractivity contribution in [2.24, 2.45) is 0 Å². The summed E-state index contributed by atoms with van der Waals surface area (Å²) in [5.41, 5.74) is -0.666. The molecule has 1 aliphatic heterocycles. The van der Waals surface area contributed by atoms with E-state index in [0.29, 0.717) is 0 Å². The monoisotopic (exact) mass is 263 g/mol. The highest BCUT2D eigenvalue weighted by molar-refractivity contribution is 5.96. The van der Waals surface area contributed by atoms with Gasteiger partial charge in [-0.25, -0.2) is 4.79 Å². The number of esters is 1. The van der Waals surface area contributed by atoms with Crippen molar-refractivity contribution in [3.05, 3.63) is 23.5 Å². The van der Waals surface area contributed by atoms with Crippen LogP contribution >= 0.6 is 0 Å². The molecule has 1 aromatic rings. The van der Waals surface area contributed by atoms with E-state index in [1.165, 1.54) is 24.1 Å². The number of rotatable bonds is 3. The number of aliphatic hydroxyl groups is 1. The van der Waals surface area contributed by atoms with Gasteiger partial charge in [0, 0.05) is 0 Å². The maximum absolute atomic E-state index is 12.0. The van der Waals surface area contributed by atoms with Crippen molar-refractivity contribution in [2.75, 3.05) is 20.2 Å². The first kappa shape index (κ1) is 13.1. The second kappa shape index (κ2) is 4.74. The Hall–Kier alpha value is -2.33. The lowest BCUT2D eigenvalue weighted by Crippen LogP contribution is -2.63. The van der Waals surface area contributed by atoms with E-state index in [2.05, 4.69) is 9.72 Å². The standard InChI is InChI=1S/C12H13N3O4/c1-19-11(17)9-3-2-8(14-9)10(16)15-6-12(18,7-15)4-5-13/h2-3,14,18H,4,6-7H2,1H3. The van der Waals surface area contributed by atoms with Crippen LogP contribution < -0.4 is 0 Å². The molecule has 0 saturated carbocycles. The fourth-order valence-electron chi connectivity index (χ4n) is 1.99. The van der Waals surface area contributed by atoms with Gasteiger partial charge < -0.3 is 19.7 Å². The van der Waals surface area contributed by atoms with Gasteiger partial charge in [-0.15, -0.1) is 0 Å². The van der Waals surface area contributed by atoms with Gasteiger partial charge in [0.2, 0.25) is 0 Å². The van der Waals surface area contributed by atoms with E-state index in [1.54, 1.807) is 0 Å². The summed E-state index contributed by atoms with van der Waals surface area (Å²) in [6.45, 7) is 0.234. The number of carbonyl (C=O) groups excluding carboxylic acids is 2. The number of ether oxygens (including phenoxy) is 1. The average Bonchev–Trinajstić information content (AvgIpc) is 2.83. The fourth-order valence-corrected chi connectivity index (χ4v) is 1.99. The number of aromatic nitrogens is 1. The summed E-state index contributed by atoms with van der Waals surface area (Å²) in [5, 5.41) is 18.3. The minimum atomic E-state index is -1.11. The molecular weight excluding hydrogens is 250 g/mol. The number of H-pyrrole nitrogens is 1. The summed E-state index contributed by atoms with van der Waals surface area (Å²) in [6, 6.07) is 4.82. The predicted octanol–water partition coefficient (Wildman–Crippen LogP) is -0.0981. The largest absolute Gasteiger partial charge is 0.464 e. The first-order valence-electron chi connectivity index (χ1n) is 5.65. The number of carbonyl (C=O) groups is 2. The lowest BCUT2D eigenvalue weighted by molar-refractivity contribution is -0.0771. The number of nitrogens with one attached hydrogen (secondary N) is 1. The van der Waals surface area contributed by atoms with Gasteiger partial charge in [0.25, 0.3) is 5.91 Å². The quantitative estimate of drug-likeness (QED) is 0.741. The molecule has 0 unspecified atom stereocenters. The normalized spacial score (nSPS) is 16.4. The first-order chi connectivity index (χ1) is 8.99. The van der Waals surface area contributed by atoms with Crippen molar-refractivity contribution in [1.82, 2.24) is 9.88 Å². The second-order valence-electron chi connectivity index (χ2n) is 4.50. The highest BCUT2D eigenvalue weighted by atomic mass is 16.5. The van der Waals surface area contributed by atoms with Crippen LogP contribution in [0.1, 0.15) is 27.4 Å². The highest BCUT2D eigenvalue weighted by Crippen LogP contribution is 2.25. The van der Waals surface area contributed by atoms with E-state index in [9.17, 15) is 14.7 Å². The van der Waals surface area contributed by atoms with Crippen LogP contribution in [-0.2, 0) is 4.74 Å². The van der Waals surface area contributed by atoms with Gasteiger partial charge in [0.1, 0.15) is 17.0 Å². The fraction of sp³-hybridized carbons (Fsp3) is 0.417. The smallest absolute Gasteiger partial charge is 0.354 e. The van der Waals surface area contributed by atoms with Gasteiger partial charge in [-0.05, 0) is 12.1 Å². The second-order valence-corrected chi connectivity index (χ2v) is 4.50. The number of amides is 1. The maximum atomic E-state index is 12.0. The molecule has 0 atom stereocenters. The SMILES string of the molecule is COC(=O)c1ccc(C(=O)N2CC(O)(CC#N)C2)[nH]1. The molecule has 1 amide bonds. The topological polar surface area (TPSA) is 106 Å². The highest BCUT2D eigenvalue weighted by Gasteiger charge is 2.43. The summed E-state index contributed by atoms with van der Waals surface area (Å²) < 4.78 is 4.52. The lowest BCUT2D eigenvalue weighted by atomic mass is 9.91. The third-order valence-corrected chi connectivity index (χ3v) is 2.99. The van der Waals surface area contributed by atoms with E-state index in [1.807, 2.05) is 6.07 Å². The van der Waals surface area contributed by atoms with Crippen LogP contribution in [0.5, 0.6) is 0 Å². The van der Waals surface area contributed by atoms with Crippen molar-refractivity contribution < 1.29 is 19.4 Å². The Morgan fingerprint density at radius 3 is 2.74 bits per heavy atom. The number of β-amino-alcohol motifs (C(OH)–C–C–N with tert-alkyl or cyclic N) is 1. The van der Waals surface area contributed by atoms with Crippen molar-refractivity contribution >= 4 is 11.9 Å². The number of aromatic amines is 1. The van der Waals surface area contributed by atoms with Crippen molar-refractivity contribution in [3.63, 3.8) is 0 Å². The molecule has 1 saturated heterocycles. The van der Waals surface area contributed by atoms with Crippen LogP contribution in [0.4, 0.5) is 0 Å². The summed E-state index contributed by atoms with van der Waals surface area (Å²) in [4.78, 5) is 27.3. The lowest BCUT2D eigenvalue weighted by Gasteiger charge is -2.45. The van der Waals surface area contributed by atoms with Crippen LogP contribution in [-0.4, -0.2) is 52.7 Å². The molecule has 7 heteroatoms. The van der Waals surface area contributed by atoms with Crippen LogP contribution in [0, 0.1) is 11.3 Å². The molecule has 1 fully saturated rings. The predicted molar refractivity (Wildman–Crippen MR) is 63.2 cm³/mol. The van der Waals surface area contributed by atoms with Crippen molar-refractivity contribution in [3.8, 4) is 6.07 Å². The Balaban J connectivity index is 2.01. The summed E-state index contributed by atoms with van der Waals surface area (Å²) >= 11 is 0. The Labute approximate surface area is 109 Å². The zero-order chi connectivity index (χ0) is 14.0. The number of hydrogen-bond donors (Lipinski definition) is 2. The molecule has 1 aromatic heterocycles. The van der Waals surface area contributed by atoms with Crippen LogP contribution in [0.25, 0.3) is 0 Å². The molecule has 100 valence electrons. The van der Waals surface area contributed by atoms with E-state index in [-0.39, 0.29) is 36.8 Å². The Morgan fingerprint density at radius 1 is 1.53 bits per heavy atom. The third kappa shape index (κ3) is 2.44. The van der Waals surface area contributed by atoms with Crippen LogP contribution in [0.3, 0.4) is 0 Å². The van der Waals surface area contributed by atoms with Gasteiger partial charge in [0.15, 0.2) is 0 Å². The molecule has 19 heavy (non-hydrogen) atoms. The molecule has 0 aliphatic carbocycles. The van der Waals surface area contributed by atoms with Gasteiger partial charge in [-0.3, -0.25) is 4.79 Å². The molecule has 7 nitrogen and oxygen atoms in total. The number of nitriles is 1. The minimum absolute atomic E-state index is 0.00504. The minimum Gasteiger partial charge on any atom is -0.464 e. The zero-order valence-corrected chi connectivity index (χ0v) is 10.3. The Morgan fingerprint density at radius 2 is 2.16 bits per heavy atom. The summed E-state index contributed by atoms with van der Waals surface area (Å²) in [5.74, 6) is -0.874. The van der Waals surface area contributed by atoms with Crippen molar-refractivity contribution in [2.45, 2.75) is 12.0 Å². The van der Waals surface area contributed by atoms with Crippen LogP contribution in [0.2, 0.25) is 0 Å². The average molecular weight is 263 g/mol. The molecule has 0 bridgehead atoms. The molecule has 2 rings (SSSR count). The molecule has 1 aliphatic rings. The summed E-state index contributed by atoms with van der Waals surface area (Å²) in [6.07, 6.45) is -0.00504. The molecule has 0 aromatic carbocycles. The molecular formula is C12H13N3O4. The molecule has 0 spiro atoms. The maximum Gasteiger partial charge on any atom is 0.354 e. The molecule has 0 radical (unpaired) electrons. The Kier molecular flexibility index (Phi) is 3.27. The third-order valence-electron chi connectivity index (χ3n) is 2.99. The zero-order valence-electron chi connectivity index (χ0n) is 10.3. The molecule has 2 heterocycles. The molecule has 2 N–H and O–H groups in total. The number of methoxy groups -OCH3 is 1. The van der Waals surface area contributed by atoms with Gasteiger partial charge >= 0.3 is 5.97 Å². The van der Waals surface area contributed by atoms with E-state index in [4.69, 9.17) is 5.26 Å². The van der Waals surface area contributed by atoms with E-state index < -0.39 is 11.6 Å². The summed E-state index contributed by atoms with van der Waals surface area (Å²) in [7, 11) is 1.25. The van der Waals surface area contributed by atoms with Gasteiger partial charge in [0.05, 0.1) is 32.7 Å². The van der Waals surface area contributed by atoms with E-state index >= 15 is 0 Å². The Bertz CT molecular complexity index is 552. The number of nitrogens with zero attached hydrogens (tertiary/aromatic N) is 2. The van der Waals surface area contributed by atoms with Gasteiger partial charge in [-0.2, -0.15) is 5.26 Å². The first-order valence-corrected chi connectivity index (χ1v) is 5.65. The number of likely N-dealkylation sites (tertiary alicyclic amines) is 1. The van der Waals surface area contributed by atoms with Gasteiger partial charge in [-0.1, -0.05) is 0 Å². The van der Waals surface area contributed by atoms with Crippen LogP contribution in [0.15, 0.2) is 12.1 Å². The van der Waals surface area contributed by atoms with E-state index in [0.717, 1.165) is 0 Å². The number of hydrogen-bond acceptors (Lipinski definition) is 5.